The van der Waals surface area contributed by atoms with Crippen LogP contribution in [-0.2, 0) is 4.74 Å². The summed E-state index contributed by atoms with van der Waals surface area (Å²) in [4.78, 5) is 39.5. The van der Waals surface area contributed by atoms with Gasteiger partial charge in [-0.05, 0) is 55.0 Å². The van der Waals surface area contributed by atoms with Crippen LogP contribution in [0.4, 0.5) is 0 Å². The maximum Gasteiger partial charge on any atom is 0.268 e. The van der Waals surface area contributed by atoms with Gasteiger partial charge in [-0.2, -0.15) is 0 Å². The number of nitrogens with two attached hydrogens (primary N) is 1. The molecule has 31 heavy (non-hydrogen) atoms. The maximum atomic E-state index is 13.0. The van der Waals surface area contributed by atoms with Crippen LogP contribution < -0.4 is 16.0 Å². The first-order valence-corrected chi connectivity index (χ1v) is 10.0. The van der Waals surface area contributed by atoms with E-state index in [9.17, 15) is 14.4 Å². The van der Waals surface area contributed by atoms with E-state index in [1.807, 2.05) is 0 Å². The van der Waals surface area contributed by atoms with Gasteiger partial charge in [-0.15, -0.1) is 0 Å². The minimum Gasteiger partial charge on any atom is -0.497 e. The summed E-state index contributed by atoms with van der Waals surface area (Å²) in [6, 6.07) is 13.4. The van der Waals surface area contributed by atoms with E-state index in [0.29, 0.717) is 54.2 Å². The minimum atomic E-state index is -0.807. The molecule has 160 valence electrons. The normalized spacial score (nSPS) is 14.3. The second kappa shape index (κ2) is 8.61. The van der Waals surface area contributed by atoms with Crippen molar-refractivity contribution < 1.29 is 19.1 Å². The Hall–Kier alpha value is -3.65. The van der Waals surface area contributed by atoms with Crippen molar-refractivity contribution in [3.05, 3.63) is 70.0 Å². The summed E-state index contributed by atoms with van der Waals surface area (Å²) in [6.07, 6.45) is 0.800. The molecular formula is C23H23N3O5. The first-order chi connectivity index (χ1) is 15.0. The van der Waals surface area contributed by atoms with Gasteiger partial charge < -0.3 is 20.1 Å². The van der Waals surface area contributed by atoms with Gasteiger partial charge in [-0.3, -0.25) is 19.0 Å². The SMILES string of the molecule is COc1ccc2c(c1)cc(C(N)=O)c(=O)n2-c1ccc(C(=O)N2CCCOCC2)cc1. The van der Waals surface area contributed by atoms with E-state index in [2.05, 4.69) is 0 Å². The first kappa shape index (κ1) is 20.6. The molecule has 0 aliphatic carbocycles. The van der Waals surface area contributed by atoms with Gasteiger partial charge in [0.1, 0.15) is 11.3 Å². The van der Waals surface area contributed by atoms with Crippen LogP contribution in [-0.4, -0.2) is 54.7 Å². The molecule has 2 amide bonds. The molecule has 2 N–H and O–H groups in total. The van der Waals surface area contributed by atoms with E-state index in [4.69, 9.17) is 15.2 Å². The molecule has 1 aromatic heterocycles. The van der Waals surface area contributed by atoms with Crippen LogP contribution in [0.5, 0.6) is 5.75 Å². The fourth-order valence-corrected chi connectivity index (χ4v) is 3.74. The van der Waals surface area contributed by atoms with Crippen molar-refractivity contribution in [3.63, 3.8) is 0 Å². The molecule has 8 heteroatoms. The minimum absolute atomic E-state index is 0.0788. The van der Waals surface area contributed by atoms with Crippen LogP contribution in [0.2, 0.25) is 0 Å². The second-order valence-corrected chi connectivity index (χ2v) is 7.29. The zero-order chi connectivity index (χ0) is 22.0. The summed E-state index contributed by atoms with van der Waals surface area (Å²) in [5.74, 6) is -0.293. The van der Waals surface area contributed by atoms with Crippen LogP contribution in [0.1, 0.15) is 27.1 Å². The predicted octanol–water partition coefficient (Wildman–Crippen LogP) is 1.96. The van der Waals surface area contributed by atoms with Gasteiger partial charge in [-0.25, -0.2) is 0 Å². The lowest BCUT2D eigenvalue weighted by Gasteiger charge is -2.20. The summed E-state index contributed by atoms with van der Waals surface area (Å²) in [7, 11) is 1.54. The number of fused-ring (bicyclic) bond motifs is 1. The quantitative estimate of drug-likeness (QED) is 0.694. The van der Waals surface area contributed by atoms with Gasteiger partial charge >= 0.3 is 0 Å². The van der Waals surface area contributed by atoms with Crippen molar-refractivity contribution in [1.29, 1.82) is 0 Å². The van der Waals surface area contributed by atoms with E-state index in [1.165, 1.54) is 10.6 Å². The monoisotopic (exact) mass is 421 g/mol. The Morgan fingerprint density at radius 3 is 2.52 bits per heavy atom. The van der Waals surface area contributed by atoms with Crippen molar-refractivity contribution in [2.75, 3.05) is 33.4 Å². The highest BCUT2D eigenvalue weighted by atomic mass is 16.5. The van der Waals surface area contributed by atoms with E-state index in [1.54, 1.807) is 54.5 Å². The highest BCUT2D eigenvalue weighted by Crippen LogP contribution is 2.23. The molecule has 0 saturated carbocycles. The van der Waals surface area contributed by atoms with Crippen molar-refractivity contribution >= 4 is 22.7 Å². The Kier molecular flexibility index (Phi) is 5.73. The van der Waals surface area contributed by atoms with E-state index < -0.39 is 11.5 Å². The third kappa shape index (κ3) is 4.02. The summed E-state index contributed by atoms with van der Waals surface area (Å²) in [5.41, 5.74) is 6.45. The number of methoxy groups -OCH3 is 1. The summed E-state index contributed by atoms with van der Waals surface area (Å²) in [6.45, 7) is 2.37. The van der Waals surface area contributed by atoms with Crippen LogP contribution in [0.15, 0.2) is 53.3 Å². The topological polar surface area (TPSA) is 104 Å². The predicted molar refractivity (Wildman–Crippen MR) is 116 cm³/mol. The third-order valence-electron chi connectivity index (χ3n) is 5.36. The number of aromatic nitrogens is 1. The molecule has 1 saturated heterocycles. The smallest absolute Gasteiger partial charge is 0.268 e. The Morgan fingerprint density at radius 2 is 1.81 bits per heavy atom. The Balaban J connectivity index is 1.77. The molecule has 2 heterocycles. The van der Waals surface area contributed by atoms with Crippen LogP contribution >= 0.6 is 0 Å². The van der Waals surface area contributed by atoms with Crippen molar-refractivity contribution in [1.82, 2.24) is 9.47 Å². The number of rotatable bonds is 4. The zero-order valence-electron chi connectivity index (χ0n) is 17.2. The van der Waals surface area contributed by atoms with Crippen molar-refractivity contribution in [2.45, 2.75) is 6.42 Å². The molecule has 1 aliphatic rings. The Bertz CT molecular complexity index is 1190. The van der Waals surface area contributed by atoms with Gasteiger partial charge in [0.25, 0.3) is 17.4 Å². The number of primary amides is 1. The molecule has 4 rings (SSSR count). The lowest BCUT2D eigenvalue weighted by atomic mass is 10.1. The number of hydrogen-bond acceptors (Lipinski definition) is 5. The van der Waals surface area contributed by atoms with Crippen LogP contribution in [0.25, 0.3) is 16.6 Å². The van der Waals surface area contributed by atoms with Gasteiger partial charge in [-0.1, -0.05) is 0 Å². The number of carbonyl (C=O) groups is 2. The van der Waals surface area contributed by atoms with Gasteiger partial charge in [0.2, 0.25) is 0 Å². The number of ether oxygens (including phenoxy) is 2. The fraction of sp³-hybridized carbons (Fsp3) is 0.261. The average molecular weight is 421 g/mol. The van der Waals surface area contributed by atoms with E-state index in [0.717, 1.165) is 6.42 Å². The number of amides is 2. The standard InChI is InChI=1S/C23H23N3O5/c1-30-18-7-8-20-16(13-18)14-19(21(24)27)23(29)26(20)17-5-3-15(4-6-17)22(28)25-9-2-11-31-12-10-25/h3-8,13-14H,2,9-12H2,1H3,(H2,24,27). The van der Waals surface area contributed by atoms with Gasteiger partial charge in [0.15, 0.2) is 0 Å². The average Bonchev–Trinajstić information content (AvgIpc) is 3.07. The zero-order valence-corrected chi connectivity index (χ0v) is 17.2. The molecule has 2 aromatic carbocycles. The van der Waals surface area contributed by atoms with E-state index >= 15 is 0 Å². The molecule has 0 bridgehead atoms. The molecule has 1 aliphatic heterocycles. The molecule has 0 radical (unpaired) electrons. The molecular weight excluding hydrogens is 398 g/mol. The number of nitrogens with zero attached hydrogens (tertiary/aromatic N) is 2. The van der Waals surface area contributed by atoms with Crippen LogP contribution in [0.3, 0.4) is 0 Å². The molecule has 0 atom stereocenters. The highest BCUT2D eigenvalue weighted by molar-refractivity contribution is 5.97. The lowest BCUT2D eigenvalue weighted by molar-refractivity contribution is 0.0741. The first-order valence-electron chi connectivity index (χ1n) is 10.0. The summed E-state index contributed by atoms with van der Waals surface area (Å²) < 4.78 is 12.1. The number of hydrogen-bond donors (Lipinski definition) is 1. The Morgan fingerprint density at radius 1 is 1.03 bits per heavy atom. The fourth-order valence-electron chi connectivity index (χ4n) is 3.74. The molecule has 1 fully saturated rings. The highest BCUT2D eigenvalue weighted by Gasteiger charge is 2.19. The Labute approximate surface area is 178 Å². The van der Waals surface area contributed by atoms with Crippen LogP contribution in [0, 0.1) is 0 Å². The summed E-state index contributed by atoms with van der Waals surface area (Å²) in [5, 5.41) is 0.637. The van der Waals surface area contributed by atoms with Gasteiger partial charge in [0.05, 0.1) is 19.2 Å². The molecule has 8 nitrogen and oxygen atoms in total. The molecule has 3 aromatic rings. The molecule has 0 spiro atoms. The lowest BCUT2D eigenvalue weighted by Crippen LogP contribution is -2.33. The van der Waals surface area contributed by atoms with Crippen molar-refractivity contribution in [2.24, 2.45) is 5.73 Å². The molecule has 0 unspecified atom stereocenters. The number of pyridine rings is 1. The number of benzene rings is 2. The largest absolute Gasteiger partial charge is 0.497 e. The van der Waals surface area contributed by atoms with Gasteiger partial charge in [0, 0.05) is 36.3 Å². The van der Waals surface area contributed by atoms with E-state index in [-0.39, 0.29) is 11.5 Å². The third-order valence-corrected chi connectivity index (χ3v) is 5.36. The summed E-state index contributed by atoms with van der Waals surface area (Å²) >= 11 is 0. The second-order valence-electron chi connectivity index (χ2n) is 7.29. The van der Waals surface area contributed by atoms with Crippen molar-refractivity contribution in [3.8, 4) is 11.4 Å². The number of carbonyl (C=O) groups excluding carboxylic acids is 2. The maximum absolute atomic E-state index is 13.0.